The summed E-state index contributed by atoms with van der Waals surface area (Å²) in [5.41, 5.74) is 2.09. The maximum absolute atomic E-state index is 12.4. The number of esters is 1. The van der Waals surface area contributed by atoms with Crippen molar-refractivity contribution in [3.05, 3.63) is 100 Å². The standard InChI is InChI=1S/C19H14BrNO2/c20-16-11-9-15(10-12-16)19(22)23-18(14-6-2-1-3-7-14)17-8-4-5-13-21-17/h1-13,18H. The highest BCUT2D eigenvalue weighted by molar-refractivity contribution is 9.10. The van der Waals surface area contributed by atoms with Crippen molar-refractivity contribution in [3.63, 3.8) is 0 Å². The average molecular weight is 368 g/mol. The number of pyridine rings is 1. The first-order valence-corrected chi connectivity index (χ1v) is 7.96. The van der Waals surface area contributed by atoms with Gasteiger partial charge in [-0.1, -0.05) is 52.3 Å². The van der Waals surface area contributed by atoms with Crippen molar-refractivity contribution in [2.24, 2.45) is 0 Å². The fourth-order valence-electron chi connectivity index (χ4n) is 2.22. The third-order valence-corrected chi connectivity index (χ3v) is 3.89. The van der Waals surface area contributed by atoms with E-state index in [0.717, 1.165) is 10.0 Å². The van der Waals surface area contributed by atoms with E-state index in [-0.39, 0.29) is 5.97 Å². The minimum atomic E-state index is -0.534. The van der Waals surface area contributed by atoms with E-state index in [1.165, 1.54) is 0 Å². The first-order valence-electron chi connectivity index (χ1n) is 7.16. The second-order valence-electron chi connectivity index (χ2n) is 4.96. The van der Waals surface area contributed by atoms with Crippen LogP contribution < -0.4 is 0 Å². The zero-order valence-corrected chi connectivity index (χ0v) is 13.8. The van der Waals surface area contributed by atoms with Crippen LogP contribution in [0.25, 0.3) is 0 Å². The predicted molar refractivity (Wildman–Crippen MR) is 92.1 cm³/mol. The highest BCUT2D eigenvalue weighted by Gasteiger charge is 2.20. The van der Waals surface area contributed by atoms with Crippen LogP contribution in [0.2, 0.25) is 0 Å². The van der Waals surface area contributed by atoms with Crippen molar-refractivity contribution in [1.82, 2.24) is 4.98 Å². The molecule has 114 valence electrons. The molecule has 2 aromatic carbocycles. The third-order valence-electron chi connectivity index (χ3n) is 3.36. The van der Waals surface area contributed by atoms with Gasteiger partial charge in [0.15, 0.2) is 6.10 Å². The monoisotopic (exact) mass is 367 g/mol. The number of halogens is 1. The molecule has 4 heteroatoms. The summed E-state index contributed by atoms with van der Waals surface area (Å²) < 4.78 is 6.65. The van der Waals surface area contributed by atoms with E-state index in [1.54, 1.807) is 18.3 Å². The van der Waals surface area contributed by atoms with E-state index in [0.29, 0.717) is 11.3 Å². The van der Waals surface area contributed by atoms with Crippen LogP contribution in [0.3, 0.4) is 0 Å². The molecule has 23 heavy (non-hydrogen) atoms. The predicted octanol–water partition coefficient (Wildman–Crippen LogP) is 4.79. The molecule has 0 spiro atoms. The second-order valence-corrected chi connectivity index (χ2v) is 5.87. The second kappa shape index (κ2) is 7.20. The van der Waals surface area contributed by atoms with Gasteiger partial charge in [0.05, 0.1) is 11.3 Å². The molecule has 0 saturated heterocycles. The van der Waals surface area contributed by atoms with Crippen molar-refractivity contribution >= 4 is 21.9 Å². The number of nitrogens with zero attached hydrogens (tertiary/aromatic N) is 1. The van der Waals surface area contributed by atoms with Gasteiger partial charge in [0.2, 0.25) is 0 Å². The fourth-order valence-corrected chi connectivity index (χ4v) is 2.48. The topological polar surface area (TPSA) is 39.2 Å². The Balaban J connectivity index is 1.90. The summed E-state index contributed by atoms with van der Waals surface area (Å²) in [7, 11) is 0. The number of carbonyl (C=O) groups is 1. The van der Waals surface area contributed by atoms with Gasteiger partial charge in [0.1, 0.15) is 0 Å². The molecule has 3 rings (SSSR count). The summed E-state index contributed by atoms with van der Waals surface area (Å²) >= 11 is 3.36. The van der Waals surface area contributed by atoms with E-state index < -0.39 is 6.10 Å². The Kier molecular flexibility index (Phi) is 4.83. The quantitative estimate of drug-likeness (QED) is 0.622. The van der Waals surface area contributed by atoms with Crippen LogP contribution in [0.5, 0.6) is 0 Å². The molecule has 1 atom stereocenters. The number of hydrogen-bond acceptors (Lipinski definition) is 3. The number of rotatable bonds is 4. The Morgan fingerprint density at radius 3 is 2.26 bits per heavy atom. The summed E-state index contributed by atoms with van der Waals surface area (Å²) in [5.74, 6) is -0.378. The van der Waals surface area contributed by atoms with Crippen molar-refractivity contribution in [3.8, 4) is 0 Å². The molecule has 1 heterocycles. The molecule has 0 fully saturated rings. The number of benzene rings is 2. The van der Waals surface area contributed by atoms with Crippen LogP contribution in [-0.4, -0.2) is 11.0 Å². The number of aromatic nitrogens is 1. The summed E-state index contributed by atoms with van der Waals surface area (Å²) in [4.78, 5) is 16.8. The molecule has 0 amide bonds. The average Bonchev–Trinajstić information content (AvgIpc) is 2.61. The molecule has 0 saturated carbocycles. The zero-order valence-electron chi connectivity index (χ0n) is 12.2. The molecule has 0 radical (unpaired) electrons. The minimum absolute atomic E-state index is 0.378. The van der Waals surface area contributed by atoms with E-state index in [1.807, 2.05) is 60.7 Å². The number of carbonyl (C=O) groups excluding carboxylic acids is 1. The maximum Gasteiger partial charge on any atom is 0.339 e. The summed E-state index contributed by atoms with van der Waals surface area (Å²) in [5, 5.41) is 0. The molecule has 3 nitrogen and oxygen atoms in total. The first-order chi connectivity index (χ1) is 11.2. The van der Waals surface area contributed by atoms with Crippen molar-refractivity contribution < 1.29 is 9.53 Å². The molecule has 0 aliphatic rings. The SMILES string of the molecule is O=C(OC(c1ccccc1)c1ccccn1)c1ccc(Br)cc1. The Labute approximate surface area is 143 Å². The minimum Gasteiger partial charge on any atom is -0.447 e. The van der Waals surface area contributed by atoms with E-state index in [9.17, 15) is 4.79 Å². The molecule has 1 aromatic heterocycles. The van der Waals surface area contributed by atoms with Crippen LogP contribution >= 0.6 is 15.9 Å². The number of hydrogen-bond donors (Lipinski definition) is 0. The molecule has 1 unspecified atom stereocenters. The molecule has 3 aromatic rings. The van der Waals surface area contributed by atoms with E-state index >= 15 is 0 Å². The van der Waals surface area contributed by atoms with Gasteiger partial charge in [0.25, 0.3) is 0 Å². The van der Waals surface area contributed by atoms with Crippen LogP contribution in [0, 0.1) is 0 Å². The lowest BCUT2D eigenvalue weighted by Crippen LogP contribution is -2.14. The lowest BCUT2D eigenvalue weighted by molar-refractivity contribution is 0.0370. The van der Waals surface area contributed by atoms with Gasteiger partial charge >= 0.3 is 5.97 Å². The summed E-state index contributed by atoms with van der Waals surface area (Å²) in [6.07, 6.45) is 1.16. The first kappa shape index (κ1) is 15.4. The smallest absolute Gasteiger partial charge is 0.339 e. The normalized spacial score (nSPS) is 11.7. The van der Waals surface area contributed by atoms with Gasteiger partial charge in [0, 0.05) is 10.7 Å². The summed E-state index contributed by atoms with van der Waals surface area (Å²) in [6.45, 7) is 0. The largest absolute Gasteiger partial charge is 0.447 e. The Morgan fingerprint density at radius 1 is 0.913 bits per heavy atom. The van der Waals surface area contributed by atoms with Crippen LogP contribution in [-0.2, 0) is 4.74 Å². The molecule has 0 aliphatic heterocycles. The molecule has 0 bridgehead atoms. The molecule has 0 aliphatic carbocycles. The maximum atomic E-state index is 12.4. The molecular weight excluding hydrogens is 354 g/mol. The van der Waals surface area contributed by atoms with Crippen molar-refractivity contribution in [1.29, 1.82) is 0 Å². The Bertz CT molecular complexity index is 734. The zero-order chi connectivity index (χ0) is 16.1. The third kappa shape index (κ3) is 3.85. The fraction of sp³-hybridized carbons (Fsp3) is 0.0526. The van der Waals surface area contributed by atoms with Gasteiger partial charge in [-0.3, -0.25) is 4.98 Å². The summed E-state index contributed by atoms with van der Waals surface area (Å²) in [6, 6.07) is 22.3. The van der Waals surface area contributed by atoms with Gasteiger partial charge in [-0.2, -0.15) is 0 Å². The van der Waals surface area contributed by atoms with Crippen molar-refractivity contribution in [2.75, 3.05) is 0 Å². The lowest BCUT2D eigenvalue weighted by atomic mass is 10.1. The lowest BCUT2D eigenvalue weighted by Gasteiger charge is -2.18. The van der Waals surface area contributed by atoms with Gasteiger partial charge in [-0.05, 0) is 42.0 Å². The van der Waals surface area contributed by atoms with E-state index in [4.69, 9.17) is 4.74 Å². The van der Waals surface area contributed by atoms with Crippen LogP contribution in [0.15, 0.2) is 83.5 Å². The Morgan fingerprint density at radius 2 is 1.61 bits per heavy atom. The Hall–Kier alpha value is -2.46. The van der Waals surface area contributed by atoms with Crippen LogP contribution in [0.1, 0.15) is 27.7 Å². The van der Waals surface area contributed by atoms with Gasteiger partial charge in [-0.15, -0.1) is 0 Å². The van der Waals surface area contributed by atoms with Gasteiger partial charge < -0.3 is 4.74 Å². The van der Waals surface area contributed by atoms with Gasteiger partial charge in [-0.25, -0.2) is 4.79 Å². The highest BCUT2D eigenvalue weighted by atomic mass is 79.9. The highest BCUT2D eigenvalue weighted by Crippen LogP contribution is 2.25. The number of ether oxygens (including phenoxy) is 1. The van der Waals surface area contributed by atoms with Crippen molar-refractivity contribution in [2.45, 2.75) is 6.10 Å². The van der Waals surface area contributed by atoms with E-state index in [2.05, 4.69) is 20.9 Å². The van der Waals surface area contributed by atoms with Crippen LogP contribution in [0.4, 0.5) is 0 Å². The molecular formula is C19H14BrNO2. The molecule has 0 N–H and O–H groups in total.